The summed E-state index contributed by atoms with van der Waals surface area (Å²) in [7, 11) is 0. The Kier molecular flexibility index (Phi) is 2590. The zero-order chi connectivity index (χ0) is 0. The monoisotopic (exact) mass is 470 g/mol. The van der Waals surface area contributed by atoms with E-state index in [0.29, 0.717) is 0 Å². The zero-order valence-corrected chi connectivity index (χ0v) is 20.6. The van der Waals surface area contributed by atoms with Crippen LogP contribution in [0, 0.1) is 0 Å². The molecule has 4 nitrogen and oxygen atoms in total. The number of hydrogen-bond donors (Lipinski definition) is 0. The quantitative estimate of drug-likeness (QED) is 0.443. The van der Waals surface area contributed by atoms with Crippen molar-refractivity contribution < 1.29 is 58.4 Å². The molecule has 0 spiro atoms. The molecule has 0 fully saturated rings. The Morgan fingerprint density at radius 2 is 0.300 bits per heavy atom. The Hall–Kier alpha value is 3.34. The average Bonchev–Trinajstić information content (AvgIpc) is 0. The van der Waals surface area contributed by atoms with Crippen molar-refractivity contribution in [2.24, 2.45) is 0 Å². The third-order valence-electron chi connectivity index (χ3n) is 0. The summed E-state index contributed by atoms with van der Waals surface area (Å²) in [5.41, 5.74) is 0. The summed E-state index contributed by atoms with van der Waals surface area (Å²) in [6.07, 6.45) is 0. The van der Waals surface area contributed by atoms with E-state index in [9.17, 15) is 0 Å². The Labute approximate surface area is 134 Å². The summed E-state index contributed by atoms with van der Waals surface area (Å²) in [6.45, 7) is 0. The fraction of sp³-hybridized carbons (Fsp3) is 0. The Bertz CT molecular complexity index is 15.7. The standard InChI is InChI=1S/3Ge.4N.3Zn/q3*+4;4*-3;;;. The van der Waals surface area contributed by atoms with Crippen LogP contribution >= 0.6 is 0 Å². The van der Waals surface area contributed by atoms with E-state index in [1.54, 1.807) is 0 Å². The van der Waals surface area contributed by atoms with E-state index in [1.807, 2.05) is 0 Å². The van der Waals surface area contributed by atoms with E-state index >= 15 is 0 Å². The molecule has 0 aliphatic carbocycles. The predicted octanol–water partition coefficient (Wildman–Crippen LogP) is 0.00490. The van der Waals surface area contributed by atoms with Crippen molar-refractivity contribution in [3.05, 3.63) is 24.6 Å². The summed E-state index contributed by atoms with van der Waals surface area (Å²) in [5, 5.41) is 0. The second kappa shape index (κ2) is 142. The Morgan fingerprint density at radius 3 is 0.300 bits per heavy atom. The molecule has 0 unspecified atom stereocenters. The summed E-state index contributed by atoms with van der Waals surface area (Å²) in [5.74, 6) is 0. The van der Waals surface area contributed by atoms with Gasteiger partial charge in [0.2, 0.25) is 0 Å². The van der Waals surface area contributed by atoms with E-state index in [4.69, 9.17) is 0 Å². The second-order valence-electron chi connectivity index (χ2n) is 0. The predicted molar refractivity (Wildman–Crippen MR) is 30.7 cm³/mol. The van der Waals surface area contributed by atoms with Gasteiger partial charge < -0.3 is 24.6 Å². The molecule has 0 bridgehead atoms. The van der Waals surface area contributed by atoms with Crippen LogP contribution in [0.25, 0.3) is 24.6 Å². The molecule has 0 amide bonds. The average molecular weight is 470 g/mol. The molecule has 0 saturated heterocycles. The first-order chi connectivity index (χ1) is 0. The van der Waals surface area contributed by atoms with Crippen LogP contribution in [0.3, 0.4) is 0 Å². The van der Waals surface area contributed by atoms with Crippen LogP contribution in [0.1, 0.15) is 0 Å². The molecule has 0 radical (unpaired) electrons. The number of nitrogens with zero attached hydrogens (tertiary/aromatic N) is 4. The van der Waals surface area contributed by atoms with Gasteiger partial charge in [-0.05, 0) is 0 Å². The maximum atomic E-state index is 0. The molecule has 0 aromatic carbocycles. The molecular formula is Ge3N4Zn3. The van der Waals surface area contributed by atoms with E-state index < -0.39 is 0 Å². The van der Waals surface area contributed by atoms with Crippen LogP contribution in [0.5, 0.6) is 0 Å². The van der Waals surface area contributed by atoms with Crippen LogP contribution in [0.2, 0.25) is 0 Å². The SMILES string of the molecule is [Ge+4].[Ge+4].[Ge+4].[N-3].[N-3].[N-3].[N-3].[Zn].[Zn].[Zn]. The normalized spacial score (nSPS) is 0. The van der Waals surface area contributed by atoms with Crippen molar-refractivity contribution in [2.45, 2.75) is 0 Å². The molecule has 10 heavy (non-hydrogen) atoms. The van der Waals surface area contributed by atoms with Gasteiger partial charge in [-0.15, -0.1) is 0 Å². The number of rotatable bonds is 0. The van der Waals surface area contributed by atoms with Gasteiger partial charge in [0.25, 0.3) is 0 Å². The van der Waals surface area contributed by atoms with Gasteiger partial charge in [-0.3, -0.25) is 0 Å². The van der Waals surface area contributed by atoms with Crippen molar-refractivity contribution in [1.82, 2.24) is 0 Å². The molecular weight excluding hydrogens is 470 g/mol. The molecule has 10 heteroatoms. The minimum Gasteiger partial charge on any atom is -3.00 e. The first-order valence-electron chi connectivity index (χ1n) is 0. The summed E-state index contributed by atoms with van der Waals surface area (Å²) in [4.78, 5) is 0. The van der Waals surface area contributed by atoms with E-state index in [1.165, 1.54) is 0 Å². The van der Waals surface area contributed by atoms with E-state index in [-0.39, 0.29) is 136 Å². The van der Waals surface area contributed by atoms with Crippen molar-refractivity contribution in [1.29, 1.82) is 0 Å². The molecule has 0 N–H and O–H groups in total. The smallest absolute Gasteiger partial charge is 3.00 e. The van der Waals surface area contributed by atoms with Gasteiger partial charge in [0.1, 0.15) is 0 Å². The van der Waals surface area contributed by atoms with Gasteiger partial charge in [0.05, 0.1) is 0 Å². The Morgan fingerprint density at radius 1 is 0.300 bits per heavy atom. The first-order valence-corrected chi connectivity index (χ1v) is 0. The van der Waals surface area contributed by atoms with Gasteiger partial charge in [-0.1, -0.05) is 0 Å². The van der Waals surface area contributed by atoms with Gasteiger partial charge >= 0.3 is 52.8 Å². The minimum atomic E-state index is 0. The van der Waals surface area contributed by atoms with Crippen LogP contribution in [0.4, 0.5) is 0 Å². The largest absolute Gasteiger partial charge is 4.00 e. The fourth-order valence-corrected chi connectivity index (χ4v) is 0. The summed E-state index contributed by atoms with van der Waals surface area (Å²) in [6, 6.07) is 0. The van der Waals surface area contributed by atoms with E-state index in [2.05, 4.69) is 0 Å². The molecule has 38 valence electrons. The Balaban J connectivity index is 0. The summed E-state index contributed by atoms with van der Waals surface area (Å²) < 4.78 is 0. The number of hydrogen-bond acceptors (Lipinski definition) is 0. The fourth-order valence-electron chi connectivity index (χ4n) is 0. The van der Waals surface area contributed by atoms with Gasteiger partial charge in [0, 0.05) is 58.4 Å². The van der Waals surface area contributed by atoms with Crippen LogP contribution in [0.15, 0.2) is 0 Å². The molecule has 0 saturated carbocycles. The summed E-state index contributed by atoms with van der Waals surface area (Å²) >= 11 is 0. The van der Waals surface area contributed by atoms with Gasteiger partial charge in [-0.25, -0.2) is 0 Å². The van der Waals surface area contributed by atoms with Crippen molar-refractivity contribution in [3.8, 4) is 0 Å². The maximum absolute atomic E-state index is 0. The topological polar surface area (TPSA) is 122 Å². The molecule has 0 aromatic rings. The van der Waals surface area contributed by atoms with Crippen LogP contribution in [-0.4, -0.2) is 52.8 Å². The van der Waals surface area contributed by atoms with Crippen molar-refractivity contribution in [2.75, 3.05) is 0 Å². The first kappa shape index (κ1) is 182. The maximum Gasteiger partial charge on any atom is 4.00 e. The van der Waals surface area contributed by atoms with Crippen LogP contribution in [-0.2, 0) is 58.4 Å². The third-order valence-corrected chi connectivity index (χ3v) is 0. The second-order valence-corrected chi connectivity index (χ2v) is 0. The molecule has 0 rings (SSSR count). The molecule has 0 aliphatic heterocycles. The molecule has 0 atom stereocenters. The van der Waals surface area contributed by atoms with Crippen molar-refractivity contribution >= 4 is 52.8 Å². The minimum absolute atomic E-state index is 0. The molecule has 0 aromatic heterocycles. The van der Waals surface area contributed by atoms with Gasteiger partial charge in [-0.2, -0.15) is 0 Å². The van der Waals surface area contributed by atoms with Crippen LogP contribution < -0.4 is 0 Å². The molecule has 0 aliphatic rings. The molecule has 0 heterocycles. The third kappa shape index (κ3) is 109. The van der Waals surface area contributed by atoms with Gasteiger partial charge in [0.15, 0.2) is 0 Å². The zero-order valence-electron chi connectivity index (χ0n) is 5.41. The van der Waals surface area contributed by atoms with Crippen molar-refractivity contribution in [3.63, 3.8) is 0 Å². The van der Waals surface area contributed by atoms with E-state index in [0.717, 1.165) is 0 Å².